The van der Waals surface area contributed by atoms with Crippen LogP contribution in [0.3, 0.4) is 0 Å². The van der Waals surface area contributed by atoms with Crippen LogP contribution in [0.15, 0.2) is 30.5 Å². The Balaban J connectivity index is 1.39. The number of pyridine rings is 1. The van der Waals surface area contributed by atoms with E-state index in [1.165, 1.54) is 5.56 Å². The van der Waals surface area contributed by atoms with E-state index in [4.69, 9.17) is 14.2 Å². The van der Waals surface area contributed by atoms with Gasteiger partial charge >= 0.3 is 6.09 Å². The number of rotatable bonds is 5. The van der Waals surface area contributed by atoms with Crippen molar-refractivity contribution < 1.29 is 19.0 Å². The molecule has 1 aromatic carbocycles. The largest absolute Gasteiger partial charge is 0.496 e. The number of aromatic nitrogens is 1. The fraction of sp³-hybridized carbons (Fsp3) is 0.538. The van der Waals surface area contributed by atoms with Crippen LogP contribution in [0.25, 0.3) is 11.1 Å². The maximum absolute atomic E-state index is 13.0. The molecular weight excluding hydrogens is 418 g/mol. The molecule has 33 heavy (non-hydrogen) atoms. The average Bonchev–Trinajstić information content (AvgIpc) is 3.07. The number of amides is 1. The molecule has 176 valence electrons. The van der Waals surface area contributed by atoms with Crippen molar-refractivity contribution in [2.45, 2.75) is 45.3 Å². The Hall–Kier alpha value is -2.80. The number of carbonyl (C=O) groups excluding carboxylic acids is 1. The molecule has 2 atom stereocenters. The van der Waals surface area contributed by atoms with Crippen molar-refractivity contribution >= 4 is 6.09 Å². The Morgan fingerprint density at radius 3 is 2.61 bits per heavy atom. The summed E-state index contributed by atoms with van der Waals surface area (Å²) in [5, 5.41) is 3.20. The van der Waals surface area contributed by atoms with Crippen molar-refractivity contribution in [1.82, 2.24) is 15.2 Å². The Kier molecular flexibility index (Phi) is 5.69. The molecule has 4 heterocycles. The minimum atomic E-state index is -0.318. The second-order valence-electron chi connectivity index (χ2n) is 10.2. The Bertz CT molecular complexity index is 1050. The fourth-order valence-corrected chi connectivity index (χ4v) is 5.77. The van der Waals surface area contributed by atoms with E-state index in [1.807, 2.05) is 12.1 Å². The molecule has 0 radical (unpaired) electrons. The molecule has 3 aliphatic heterocycles. The lowest BCUT2D eigenvalue weighted by Crippen LogP contribution is -2.53. The number of benzene rings is 1. The lowest BCUT2D eigenvalue weighted by atomic mass is 9.85. The molecule has 0 saturated carbocycles. The summed E-state index contributed by atoms with van der Waals surface area (Å²) in [6.45, 7) is 7.48. The van der Waals surface area contributed by atoms with Gasteiger partial charge in [-0.2, -0.15) is 0 Å². The number of hydrogen-bond donors (Lipinski definition) is 1. The number of hydrogen-bond acceptors (Lipinski definition) is 6. The molecule has 2 bridgehead atoms. The lowest BCUT2D eigenvalue weighted by Gasteiger charge is -2.44. The topological polar surface area (TPSA) is 72.9 Å². The zero-order valence-corrected chi connectivity index (χ0v) is 19.9. The van der Waals surface area contributed by atoms with Crippen LogP contribution in [-0.2, 0) is 11.2 Å². The third-order valence-corrected chi connectivity index (χ3v) is 7.57. The summed E-state index contributed by atoms with van der Waals surface area (Å²) in [6.07, 6.45) is 4.51. The van der Waals surface area contributed by atoms with Gasteiger partial charge in [-0.15, -0.1) is 0 Å². The van der Waals surface area contributed by atoms with Gasteiger partial charge < -0.3 is 19.5 Å². The minimum Gasteiger partial charge on any atom is -0.496 e. The zero-order valence-electron chi connectivity index (χ0n) is 19.9. The van der Waals surface area contributed by atoms with Gasteiger partial charge in [0.15, 0.2) is 0 Å². The molecule has 2 aromatic rings. The number of nitrogens with zero attached hydrogens (tertiary/aromatic N) is 2. The van der Waals surface area contributed by atoms with E-state index in [9.17, 15) is 4.79 Å². The van der Waals surface area contributed by atoms with Gasteiger partial charge in [-0.3, -0.25) is 4.90 Å². The van der Waals surface area contributed by atoms with Crippen molar-refractivity contribution in [2.75, 3.05) is 33.9 Å². The molecule has 1 N–H and O–H groups in total. The van der Waals surface area contributed by atoms with Crippen molar-refractivity contribution in [3.63, 3.8) is 0 Å². The molecule has 1 aromatic heterocycles. The molecule has 4 aliphatic rings. The number of fused-ring (bicyclic) bond motifs is 4. The van der Waals surface area contributed by atoms with Gasteiger partial charge in [0.25, 0.3) is 0 Å². The van der Waals surface area contributed by atoms with E-state index in [0.29, 0.717) is 11.8 Å². The molecular formula is C26H33N3O4. The highest BCUT2D eigenvalue weighted by Gasteiger charge is 2.42. The van der Waals surface area contributed by atoms with E-state index >= 15 is 0 Å². The molecule has 7 nitrogen and oxygen atoms in total. The monoisotopic (exact) mass is 451 g/mol. The maximum atomic E-state index is 13.0. The number of carbonyl (C=O) groups is 1. The van der Waals surface area contributed by atoms with Crippen LogP contribution >= 0.6 is 0 Å². The summed E-state index contributed by atoms with van der Waals surface area (Å²) < 4.78 is 17.0. The van der Waals surface area contributed by atoms with Crippen molar-refractivity contribution in [3.8, 4) is 22.8 Å². The van der Waals surface area contributed by atoms with Gasteiger partial charge in [-0.05, 0) is 78.6 Å². The average molecular weight is 452 g/mol. The molecule has 7 heteroatoms. The minimum absolute atomic E-state index is 0.00457. The highest BCUT2D eigenvalue weighted by atomic mass is 16.6. The molecule has 1 amide bonds. The predicted molar refractivity (Wildman–Crippen MR) is 126 cm³/mol. The van der Waals surface area contributed by atoms with Crippen LogP contribution in [0, 0.1) is 11.3 Å². The van der Waals surface area contributed by atoms with Crippen LogP contribution in [0.2, 0.25) is 0 Å². The number of piperidine rings is 3. The van der Waals surface area contributed by atoms with Crippen LogP contribution < -0.4 is 14.8 Å². The Morgan fingerprint density at radius 2 is 1.94 bits per heavy atom. The number of ether oxygens (including phenoxy) is 3. The molecule has 1 unspecified atom stereocenters. The van der Waals surface area contributed by atoms with Gasteiger partial charge in [0.2, 0.25) is 5.88 Å². The van der Waals surface area contributed by atoms with Crippen molar-refractivity contribution in [2.24, 2.45) is 11.3 Å². The summed E-state index contributed by atoms with van der Waals surface area (Å²) in [5.74, 6) is 1.81. The van der Waals surface area contributed by atoms with Crippen LogP contribution in [0.4, 0.5) is 4.79 Å². The first-order chi connectivity index (χ1) is 15.9. The number of nitrogens with one attached hydrogen (secondary N) is 1. The van der Waals surface area contributed by atoms with Crippen molar-refractivity contribution in [3.05, 3.63) is 41.6 Å². The second kappa shape index (κ2) is 8.52. The summed E-state index contributed by atoms with van der Waals surface area (Å²) in [5.41, 5.74) is 4.13. The number of alkyl carbamates (subject to hydrolysis) is 1. The summed E-state index contributed by atoms with van der Waals surface area (Å²) in [4.78, 5) is 19.6. The highest BCUT2D eigenvalue weighted by Crippen LogP contribution is 2.48. The summed E-state index contributed by atoms with van der Waals surface area (Å²) >= 11 is 0. The van der Waals surface area contributed by atoms with Crippen LogP contribution in [0.5, 0.6) is 11.6 Å². The number of methoxy groups -OCH3 is 2. The van der Waals surface area contributed by atoms with Crippen molar-refractivity contribution in [1.29, 1.82) is 0 Å². The zero-order chi connectivity index (χ0) is 23.2. The molecule has 6 rings (SSSR count). The third-order valence-electron chi connectivity index (χ3n) is 7.57. The van der Waals surface area contributed by atoms with E-state index in [-0.39, 0.29) is 23.7 Å². The van der Waals surface area contributed by atoms with E-state index < -0.39 is 0 Å². The molecule has 0 spiro atoms. The summed E-state index contributed by atoms with van der Waals surface area (Å²) in [7, 11) is 3.29. The molecule has 3 fully saturated rings. The normalized spacial score (nSPS) is 27.0. The van der Waals surface area contributed by atoms with Gasteiger partial charge in [0, 0.05) is 24.4 Å². The highest BCUT2D eigenvalue weighted by molar-refractivity contribution is 5.74. The molecule has 1 aliphatic carbocycles. The van der Waals surface area contributed by atoms with Crippen LogP contribution in [-0.4, -0.2) is 55.9 Å². The Labute approximate surface area is 195 Å². The standard InChI is InChI=1S/C26H33N3O4/c1-26(2)14-18-11-19(17-5-8-27-23(12-17)32-4)21(31-3)13-20(18)24(26)28-25(30)33-22-15-29-9-6-16(22)7-10-29/h5,8,11-13,16,22,24H,6-7,9-10,14-15H2,1-4H3,(H,28,30)/t22-,24?/m0/s1. The predicted octanol–water partition coefficient (Wildman–Crippen LogP) is 4.21. The smallest absolute Gasteiger partial charge is 0.407 e. The SMILES string of the molecule is COc1cc(-c2cc3c(cc2OC)C(NC(=O)O[C@H]2CN4CCC2CC4)C(C)(C)C3)ccn1. The van der Waals surface area contributed by atoms with Gasteiger partial charge in [-0.25, -0.2) is 9.78 Å². The van der Waals surface area contributed by atoms with Gasteiger partial charge in [0.05, 0.1) is 20.3 Å². The first-order valence-corrected chi connectivity index (χ1v) is 11.8. The van der Waals surface area contributed by atoms with E-state index in [0.717, 1.165) is 61.3 Å². The van der Waals surface area contributed by atoms with E-state index in [1.54, 1.807) is 20.4 Å². The quantitative estimate of drug-likeness (QED) is 0.734. The molecule has 3 saturated heterocycles. The fourth-order valence-electron chi connectivity index (χ4n) is 5.77. The third kappa shape index (κ3) is 4.14. The van der Waals surface area contributed by atoms with Gasteiger partial charge in [-0.1, -0.05) is 13.8 Å². The summed E-state index contributed by atoms with van der Waals surface area (Å²) in [6, 6.07) is 7.95. The first-order valence-electron chi connectivity index (χ1n) is 11.8. The van der Waals surface area contributed by atoms with Gasteiger partial charge in [0.1, 0.15) is 11.9 Å². The lowest BCUT2D eigenvalue weighted by molar-refractivity contribution is -0.0349. The second-order valence-corrected chi connectivity index (χ2v) is 10.2. The maximum Gasteiger partial charge on any atom is 0.407 e. The first kappa shape index (κ1) is 22.0. The van der Waals surface area contributed by atoms with E-state index in [2.05, 4.69) is 41.2 Å². The Morgan fingerprint density at radius 1 is 1.15 bits per heavy atom. The van der Waals surface area contributed by atoms with Crippen LogP contribution in [0.1, 0.15) is 43.9 Å².